The first kappa shape index (κ1) is 14.3. The average Bonchev–Trinajstić information content (AvgIpc) is 2.44. The highest BCUT2D eigenvalue weighted by atomic mass is 16.5. The standard InChI is InChI=1S/C15H29NO2/c1-2-8-16-14-4-3-5-15(11-14)18-12-13-6-9-17-10-7-13/h13-16H,2-12H2,1H3. The second-order valence-corrected chi connectivity index (χ2v) is 5.83. The van der Waals surface area contributed by atoms with E-state index in [9.17, 15) is 0 Å². The van der Waals surface area contributed by atoms with E-state index in [2.05, 4.69) is 12.2 Å². The fourth-order valence-corrected chi connectivity index (χ4v) is 3.02. The Labute approximate surface area is 112 Å². The summed E-state index contributed by atoms with van der Waals surface area (Å²) < 4.78 is 11.5. The molecule has 2 fully saturated rings. The van der Waals surface area contributed by atoms with Crippen molar-refractivity contribution in [3.63, 3.8) is 0 Å². The maximum Gasteiger partial charge on any atom is 0.0590 e. The van der Waals surface area contributed by atoms with Crippen molar-refractivity contribution in [2.45, 2.75) is 64.0 Å². The number of hydrogen-bond acceptors (Lipinski definition) is 3. The van der Waals surface area contributed by atoms with E-state index >= 15 is 0 Å². The summed E-state index contributed by atoms with van der Waals surface area (Å²) in [6.45, 7) is 6.19. The lowest BCUT2D eigenvalue weighted by Crippen LogP contribution is -2.38. The number of hydrogen-bond donors (Lipinski definition) is 1. The summed E-state index contributed by atoms with van der Waals surface area (Å²) in [5.41, 5.74) is 0. The molecule has 3 heteroatoms. The maximum absolute atomic E-state index is 6.14. The molecule has 1 aliphatic carbocycles. The molecular formula is C15H29NO2. The van der Waals surface area contributed by atoms with E-state index in [1.165, 1.54) is 44.9 Å². The summed E-state index contributed by atoms with van der Waals surface area (Å²) >= 11 is 0. The Hall–Kier alpha value is -0.120. The van der Waals surface area contributed by atoms with Crippen LogP contribution in [0.15, 0.2) is 0 Å². The molecule has 18 heavy (non-hydrogen) atoms. The third kappa shape index (κ3) is 4.87. The topological polar surface area (TPSA) is 30.5 Å². The molecule has 0 amide bonds. The van der Waals surface area contributed by atoms with Gasteiger partial charge in [0.25, 0.3) is 0 Å². The Morgan fingerprint density at radius 3 is 2.78 bits per heavy atom. The van der Waals surface area contributed by atoms with Crippen LogP contribution in [0.25, 0.3) is 0 Å². The Balaban J connectivity index is 1.62. The Morgan fingerprint density at radius 1 is 1.17 bits per heavy atom. The first-order valence-corrected chi connectivity index (χ1v) is 7.81. The van der Waals surface area contributed by atoms with Crippen molar-refractivity contribution in [3.8, 4) is 0 Å². The van der Waals surface area contributed by atoms with Gasteiger partial charge in [0.2, 0.25) is 0 Å². The van der Waals surface area contributed by atoms with E-state index in [0.29, 0.717) is 12.1 Å². The first-order valence-electron chi connectivity index (χ1n) is 7.81. The number of nitrogens with one attached hydrogen (secondary N) is 1. The van der Waals surface area contributed by atoms with Crippen LogP contribution in [0.4, 0.5) is 0 Å². The van der Waals surface area contributed by atoms with E-state index < -0.39 is 0 Å². The fourth-order valence-electron chi connectivity index (χ4n) is 3.02. The van der Waals surface area contributed by atoms with E-state index in [-0.39, 0.29) is 0 Å². The lowest BCUT2D eigenvalue weighted by atomic mass is 9.92. The van der Waals surface area contributed by atoms with Gasteiger partial charge < -0.3 is 14.8 Å². The first-order chi connectivity index (χ1) is 8.88. The largest absolute Gasteiger partial charge is 0.381 e. The van der Waals surface area contributed by atoms with E-state index in [1.54, 1.807) is 0 Å². The lowest BCUT2D eigenvalue weighted by Gasteiger charge is -2.31. The van der Waals surface area contributed by atoms with Crippen LogP contribution >= 0.6 is 0 Å². The predicted octanol–water partition coefficient (Wildman–Crippen LogP) is 2.74. The Morgan fingerprint density at radius 2 is 2.00 bits per heavy atom. The van der Waals surface area contributed by atoms with Crippen LogP contribution in [0.5, 0.6) is 0 Å². The van der Waals surface area contributed by atoms with Crippen molar-refractivity contribution in [3.05, 3.63) is 0 Å². The minimum Gasteiger partial charge on any atom is -0.381 e. The molecule has 0 aromatic rings. The zero-order valence-electron chi connectivity index (χ0n) is 11.8. The van der Waals surface area contributed by atoms with Gasteiger partial charge in [-0.1, -0.05) is 6.92 Å². The monoisotopic (exact) mass is 255 g/mol. The molecule has 0 aromatic carbocycles. The molecule has 0 bridgehead atoms. The van der Waals surface area contributed by atoms with Crippen molar-refractivity contribution in [1.82, 2.24) is 5.32 Å². The number of ether oxygens (including phenoxy) is 2. The van der Waals surface area contributed by atoms with Crippen molar-refractivity contribution in [2.24, 2.45) is 5.92 Å². The van der Waals surface area contributed by atoms with Gasteiger partial charge in [0.15, 0.2) is 0 Å². The fraction of sp³-hybridized carbons (Fsp3) is 1.00. The van der Waals surface area contributed by atoms with Crippen LogP contribution in [0, 0.1) is 5.92 Å². The molecule has 1 saturated carbocycles. The Bertz CT molecular complexity index is 217. The molecule has 3 nitrogen and oxygen atoms in total. The van der Waals surface area contributed by atoms with Gasteiger partial charge in [0.05, 0.1) is 6.10 Å². The quantitative estimate of drug-likeness (QED) is 0.791. The van der Waals surface area contributed by atoms with Gasteiger partial charge in [0, 0.05) is 25.9 Å². The molecule has 0 radical (unpaired) electrons. The summed E-state index contributed by atoms with van der Waals surface area (Å²) in [6.07, 6.45) is 9.21. The lowest BCUT2D eigenvalue weighted by molar-refractivity contribution is -0.0271. The highest BCUT2D eigenvalue weighted by Crippen LogP contribution is 2.23. The summed E-state index contributed by atoms with van der Waals surface area (Å²) in [5, 5.41) is 3.64. The molecule has 2 unspecified atom stereocenters. The van der Waals surface area contributed by atoms with Crippen LogP contribution in [-0.2, 0) is 9.47 Å². The van der Waals surface area contributed by atoms with Crippen LogP contribution < -0.4 is 5.32 Å². The second kappa shape index (κ2) is 8.13. The normalized spacial score (nSPS) is 30.5. The summed E-state index contributed by atoms with van der Waals surface area (Å²) in [6, 6.07) is 0.693. The molecule has 2 atom stereocenters. The van der Waals surface area contributed by atoms with Crippen molar-refractivity contribution in [2.75, 3.05) is 26.4 Å². The molecule has 1 heterocycles. The van der Waals surface area contributed by atoms with Crippen molar-refractivity contribution >= 4 is 0 Å². The minimum atomic E-state index is 0.496. The molecule has 0 spiro atoms. The molecule has 2 aliphatic rings. The van der Waals surface area contributed by atoms with E-state index in [4.69, 9.17) is 9.47 Å². The zero-order chi connectivity index (χ0) is 12.6. The van der Waals surface area contributed by atoms with Gasteiger partial charge in [-0.15, -0.1) is 0 Å². The van der Waals surface area contributed by atoms with Gasteiger partial charge in [-0.25, -0.2) is 0 Å². The molecule has 1 saturated heterocycles. The zero-order valence-corrected chi connectivity index (χ0v) is 11.8. The number of rotatable bonds is 6. The van der Waals surface area contributed by atoms with Crippen LogP contribution in [-0.4, -0.2) is 38.5 Å². The smallest absolute Gasteiger partial charge is 0.0590 e. The highest BCUT2D eigenvalue weighted by molar-refractivity contribution is 4.78. The molecule has 1 aliphatic heterocycles. The average molecular weight is 255 g/mol. The molecule has 1 N–H and O–H groups in total. The van der Waals surface area contributed by atoms with Crippen molar-refractivity contribution in [1.29, 1.82) is 0 Å². The van der Waals surface area contributed by atoms with Gasteiger partial charge >= 0.3 is 0 Å². The summed E-state index contributed by atoms with van der Waals surface area (Å²) in [7, 11) is 0. The molecule has 106 valence electrons. The summed E-state index contributed by atoms with van der Waals surface area (Å²) in [5.74, 6) is 0.739. The van der Waals surface area contributed by atoms with Crippen LogP contribution in [0.2, 0.25) is 0 Å². The second-order valence-electron chi connectivity index (χ2n) is 5.83. The Kier molecular flexibility index (Phi) is 6.46. The maximum atomic E-state index is 6.14. The van der Waals surface area contributed by atoms with Gasteiger partial charge in [-0.3, -0.25) is 0 Å². The summed E-state index contributed by atoms with van der Waals surface area (Å²) in [4.78, 5) is 0. The third-order valence-electron chi connectivity index (χ3n) is 4.22. The van der Waals surface area contributed by atoms with Crippen LogP contribution in [0.3, 0.4) is 0 Å². The molecular weight excluding hydrogens is 226 g/mol. The molecule has 2 rings (SSSR count). The van der Waals surface area contributed by atoms with Gasteiger partial charge in [-0.05, 0) is 57.4 Å². The van der Waals surface area contributed by atoms with Gasteiger partial charge in [-0.2, -0.15) is 0 Å². The third-order valence-corrected chi connectivity index (χ3v) is 4.22. The molecule has 0 aromatic heterocycles. The van der Waals surface area contributed by atoms with Crippen molar-refractivity contribution < 1.29 is 9.47 Å². The van der Waals surface area contributed by atoms with E-state index in [0.717, 1.165) is 32.3 Å². The SMILES string of the molecule is CCCNC1CCCC(OCC2CCOCC2)C1. The van der Waals surface area contributed by atoms with E-state index in [1.807, 2.05) is 0 Å². The highest BCUT2D eigenvalue weighted by Gasteiger charge is 2.23. The predicted molar refractivity (Wildman–Crippen MR) is 73.8 cm³/mol. The minimum absolute atomic E-state index is 0.496. The van der Waals surface area contributed by atoms with Gasteiger partial charge in [0.1, 0.15) is 0 Å². The van der Waals surface area contributed by atoms with Crippen LogP contribution in [0.1, 0.15) is 51.9 Å².